The molecule has 0 bridgehead atoms. The Bertz CT molecular complexity index is 1390. The van der Waals surface area contributed by atoms with Crippen molar-refractivity contribution in [3.8, 4) is 5.69 Å². The Morgan fingerprint density at radius 1 is 1.09 bits per heavy atom. The van der Waals surface area contributed by atoms with Crippen LogP contribution in [-0.4, -0.2) is 31.1 Å². The molecular weight excluding hydrogens is 450 g/mol. The highest BCUT2D eigenvalue weighted by Crippen LogP contribution is 2.27. The number of carbonyl (C=O) groups is 1. The number of para-hydroxylation sites is 2. The van der Waals surface area contributed by atoms with Gasteiger partial charge in [-0.15, -0.1) is 0 Å². The van der Waals surface area contributed by atoms with Crippen LogP contribution in [0.15, 0.2) is 65.8 Å². The summed E-state index contributed by atoms with van der Waals surface area (Å²) in [7, 11) is 0. The van der Waals surface area contributed by atoms with Gasteiger partial charge in [0.1, 0.15) is 0 Å². The quantitative estimate of drug-likeness (QED) is 0.459. The van der Waals surface area contributed by atoms with E-state index in [1.54, 1.807) is 29.2 Å². The number of carbonyl (C=O) groups excluding carboxylic acids is 1. The van der Waals surface area contributed by atoms with Crippen LogP contribution in [0.25, 0.3) is 16.7 Å². The molecule has 1 aliphatic rings. The van der Waals surface area contributed by atoms with Gasteiger partial charge in [-0.3, -0.25) is 23.9 Å². The van der Waals surface area contributed by atoms with E-state index in [0.717, 1.165) is 42.4 Å². The maximum Gasteiger partial charge on any atom is 0.333 e. The van der Waals surface area contributed by atoms with Crippen molar-refractivity contribution < 1.29 is 4.79 Å². The molecule has 1 saturated carbocycles. The first-order chi connectivity index (χ1) is 16.5. The number of pyridine rings is 2. The van der Waals surface area contributed by atoms with Crippen LogP contribution in [0.3, 0.4) is 0 Å². The number of hydrogen-bond donors (Lipinski definition) is 1. The number of imidazole rings is 1. The van der Waals surface area contributed by atoms with Gasteiger partial charge < -0.3 is 5.32 Å². The first-order valence-electron chi connectivity index (χ1n) is 11.5. The summed E-state index contributed by atoms with van der Waals surface area (Å²) < 4.78 is 3.61. The number of aryl methyl sites for hydroxylation is 1. The number of amides is 1. The summed E-state index contributed by atoms with van der Waals surface area (Å²) in [6.45, 7) is 2.46. The molecule has 174 valence electrons. The van der Waals surface area contributed by atoms with Crippen LogP contribution in [0.5, 0.6) is 0 Å². The molecule has 0 spiro atoms. The molecule has 7 nitrogen and oxygen atoms in total. The number of fused-ring (bicyclic) bond motifs is 1. The summed E-state index contributed by atoms with van der Waals surface area (Å²) >= 11 is 6.02. The third kappa shape index (κ3) is 4.35. The van der Waals surface area contributed by atoms with Crippen molar-refractivity contribution in [2.45, 2.75) is 45.2 Å². The summed E-state index contributed by atoms with van der Waals surface area (Å²) in [5.41, 5.74) is 3.71. The number of halogens is 1. The summed E-state index contributed by atoms with van der Waals surface area (Å²) in [6, 6.07) is 13.4. The average Bonchev–Trinajstić information content (AvgIpc) is 3.13. The first-order valence-corrected chi connectivity index (χ1v) is 11.9. The van der Waals surface area contributed by atoms with E-state index >= 15 is 0 Å². The molecule has 1 aromatic carbocycles. The van der Waals surface area contributed by atoms with E-state index in [-0.39, 0.29) is 17.6 Å². The fourth-order valence-electron chi connectivity index (χ4n) is 4.87. The average molecular weight is 476 g/mol. The summed E-state index contributed by atoms with van der Waals surface area (Å²) in [5.74, 6) is 0.236. The predicted molar refractivity (Wildman–Crippen MR) is 133 cm³/mol. The zero-order valence-corrected chi connectivity index (χ0v) is 19.7. The standard InChI is InChI=1S/C26H26ClN5O2/c1-17-22(13-19(27)14-29-17)25(33)30-20-10-8-18(9-11-20)16-31-23-6-2-3-7-24(23)32(26(31)34)21-5-4-12-28-15-21/h2-7,12-15,18,20H,8-11,16H2,1H3,(H,30,33)/t18-,20-. The second-order valence-corrected chi connectivity index (χ2v) is 9.34. The van der Waals surface area contributed by atoms with Crippen molar-refractivity contribution >= 4 is 28.5 Å². The lowest BCUT2D eigenvalue weighted by molar-refractivity contribution is 0.0919. The smallest absolute Gasteiger partial charge is 0.333 e. The molecule has 8 heteroatoms. The Hall–Kier alpha value is -3.45. The Labute approximate surface area is 202 Å². The molecule has 0 aliphatic heterocycles. The van der Waals surface area contributed by atoms with Gasteiger partial charge in [-0.1, -0.05) is 23.7 Å². The predicted octanol–water partition coefficient (Wildman–Crippen LogP) is 4.53. The normalized spacial score (nSPS) is 18.2. The van der Waals surface area contributed by atoms with Crippen molar-refractivity contribution in [1.82, 2.24) is 24.4 Å². The van der Waals surface area contributed by atoms with Crippen LogP contribution >= 0.6 is 11.6 Å². The lowest BCUT2D eigenvalue weighted by Gasteiger charge is -2.29. The molecule has 4 aromatic rings. The molecule has 1 aliphatic carbocycles. The van der Waals surface area contributed by atoms with Crippen molar-refractivity contribution in [3.63, 3.8) is 0 Å². The van der Waals surface area contributed by atoms with E-state index in [9.17, 15) is 9.59 Å². The molecule has 0 atom stereocenters. The Balaban J connectivity index is 1.30. The maximum atomic E-state index is 13.4. The lowest BCUT2D eigenvalue weighted by Crippen LogP contribution is -2.39. The summed E-state index contributed by atoms with van der Waals surface area (Å²) in [5, 5.41) is 3.59. The Kier molecular flexibility index (Phi) is 6.20. The number of hydrogen-bond acceptors (Lipinski definition) is 4. The van der Waals surface area contributed by atoms with Gasteiger partial charge in [0, 0.05) is 25.0 Å². The molecule has 5 rings (SSSR count). The third-order valence-corrected chi connectivity index (χ3v) is 6.87. The molecule has 1 fully saturated rings. The van der Waals surface area contributed by atoms with Crippen LogP contribution in [0.2, 0.25) is 5.02 Å². The highest BCUT2D eigenvalue weighted by Gasteiger charge is 2.25. The van der Waals surface area contributed by atoms with Gasteiger partial charge in [-0.05, 0) is 68.9 Å². The number of rotatable bonds is 5. The lowest BCUT2D eigenvalue weighted by atomic mass is 9.85. The molecule has 0 saturated heterocycles. The van der Waals surface area contributed by atoms with Gasteiger partial charge in [0.25, 0.3) is 5.91 Å². The van der Waals surface area contributed by atoms with Gasteiger partial charge in [0.15, 0.2) is 0 Å². The SMILES string of the molecule is Cc1ncc(Cl)cc1C(=O)N[C@H]1CC[C@H](Cn2c(=O)n(-c3cccnc3)c3ccccc32)CC1. The molecule has 0 unspecified atom stereocenters. The van der Waals surface area contributed by atoms with Crippen LogP contribution in [0, 0.1) is 12.8 Å². The van der Waals surface area contributed by atoms with E-state index in [4.69, 9.17) is 11.6 Å². The van der Waals surface area contributed by atoms with E-state index in [2.05, 4.69) is 15.3 Å². The highest BCUT2D eigenvalue weighted by molar-refractivity contribution is 6.30. The minimum Gasteiger partial charge on any atom is -0.349 e. The zero-order chi connectivity index (χ0) is 23.7. The van der Waals surface area contributed by atoms with Gasteiger partial charge in [0.05, 0.1) is 39.2 Å². The number of benzene rings is 1. The number of nitrogens with zero attached hydrogens (tertiary/aromatic N) is 4. The molecule has 1 amide bonds. The molecule has 3 aromatic heterocycles. The van der Waals surface area contributed by atoms with Gasteiger partial charge in [-0.2, -0.15) is 0 Å². The van der Waals surface area contributed by atoms with E-state index in [0.29, 0.717) is 28.7 Å². The van der Waals surface area contributed by atoms with Gasteiger partial charge >= 0.3 is 5.69 Å². The van der Waals surface area contributed by atoms with Crippen LogP contribution < -0.4 is 11.0 Å². The van der Waals surface area contributed by atoms with Crippen LogP contribution in [0.1, 0.15) is 41.7 Å². The fraction of sp³-hybridized carbons (Fsp3) is 0.308. The van der Waals surface area contributed by atoms with Crippen molar-refractivity contribution in [2.24, 2.45) is 5.92 Å². The molecule has 34 heavy (non-hydrogen) atoms. The fourth-order valence-corrected chi connectivity index (χ4v) is 5.03. The Morgan fingerprint density at radius 3 is 2.59 bits per heavy atom. The Morgan fingerprint density at radius 2 is 1.85 bits per heavy atom. The van der Waals surface area contributed by atoms with Crippen LogP contribution in [-0.2, 0) is 6.54 Å². The largest absolute Gasteiger partial charge is 0.349 e. The zero-order valence-electron chi connectivity index (χ0n) is 18.9. The first kappa shape index (κ1) is 22.3. The van der Waals surface area contributed by atoms with E-state index in [1.165, 1.54) is 0 Å². The van der Waals surface area contributed by atoms with Crippen molar-refractivity contribution in [2.75, 3.05) is 0 Å². The summed E-state index contributed by atoms with van der Waals surface area (Å²) in [4.78, 5) is 34.5. The molecular formula is C26H26ClN5O2. The second kappa shape index (κ2) is 9.43. The third-order valence-electron chi connectivity index (χ3n) is 6.66. The van der Waals surface area contributed by atoms with Crippen molar-refractivity contribution in [3.05, 3.63) is 87.8 Å². The molecule has 3 heterocycles. The topological polar surface area (TPSA) is 81.8 Å². The van der Waals surface area contributed by atoms with Gasteiger partial charge in [-0.25, -0.2) is 4.79 Å². The summed E-state index contributed by atoms with van der Waals surface area (Å²) in [6.07, 6.45) is 8.59. The number of nitrogens with one attached hydrogen (secondary N) is 1. The number of aromatic nitrogens is 4. The highest BCUT2D eigenvalue weighted by atomic mass is 35.5. The van der Waals surface area contributed by atoms with E-state index in [1.807, 2.05) is 47.9 Å². The van der Waals surface area contributed by atoms with Crippen LogP contribution in [0.4, 0.5) is 0 Å². The van der Waals surface area contributed by atoms with Gasteiger partial charge in [0.2, 0.25) is 0 Å². The minimum absolute atomic E-state index is 0.0476. The maximum absolute atomic E-state index is 13.4. The molecule has 0 radical (unpaired) electrons. The van der Waals surface area contributed by atoms with E-state index < -0.39 is 0 Å². The second-order valence-electron chi connectivity index (χ2n) is 8.91. The minimum atomic E-state index is -0.133. The van der Waals surface area contributed by atoms with Crippen molar-refractivity contribution in [1.29, 1.82) is 0 Å². The molecule has 1 N–H and O–H groups in total. The monoisotopic (exact) mass is 475 g/mol.